The zero-order chi connectivity index (χ0) is 24.0. The van der Waals surface area contributed by atoms with E-state index in [9.17, 15) is 14.7 Å². The zero-order valence-corrected chi connectivity index (χ0v) is 18.7. The first-order chi connectivity index (χ1) is 15.7. The molecule has 0 aliphatic rings. The number of primary amides is 1. The Kier molecular flexibility index (Phi) is 7.28. The Morgan fingerprint density at radius 1 is 1.18 bits per heavy atom. The Bertz CT molecular complexity index is 1230. The van der Waals surface area contributed by atoms with Crippen LogP contribution in [0, 0.1) is 18.8 Å². The SMILES string of the molecule is Cc1ccc(-c2cc(C(N)=O)nc(-c3cccc(C#C[C@@](O)(C=O)CCN(C)C)c3)n2)cn1. The number of amides is 1. The van der Waals surface area contributed by atoms with Gasteiger partial charge in [-0.25, -0.2) is 9.97 Å². The second kappa shape index (κ2) is 10.1. The van der Waals surface area contributed by atoms with Gasteiger partial charge in [0, 0.05) is 41.5 Å². The number of carbonyl (C=O) groups excluding carboxylic acids is 2. The van der Waals surface area contributed by atoms with Crippen LogP contribution in [-0.4, -0.2) is 63.4 Å². The van der Waals surface area contributed by atoms with Crippen LogP contribution in [0.4, 0.5) is 0 Å². The summed E-state index contributed by atoms with van der Waals surface area (Å²) in [5.74, 6) is 5.13. The standard InChI is InChI=1S/C25H25N5O3/c1-17-7-8-20(15-27-17)21-14-22(23(26)32)29-24(28-21)19-6-4-5-18(13-19)9-10-25(33,16-31)11-12-30(2)3/h4-8,13-16,33H,11-12H2,1-3H3,(H2,26,32)/t25-/m0/s1. The second-order valence-electron chi connectivity index (χ2n) is 7.94. The molecule has 0 aliphatic carbocycles. The molecule has 33 heavy (non-hydrogen) atoms. The Balaban J connectivity index is 1.99. The molecule has 0 aliphatic heterocycles. The molecule has 3 N–H and O–H groups in total. The molecule has 0 bridgehead atoms. The summed E-state index contributed by atoms with van der Waals surface area (Å²) in [6.45, 7) is 2.39. The maximum atomic E-state index is 11.9. The molecule has 0 saturated heterocycles. The summed E-state index contributed by atoms with van der Waals surface area (Å²) in [6.07, 6.45) is 2.31. The lowest BCUT2D eigenvalue weighted by atomic mass is 10.0. The van der Waals surface area contributed by atoms with Gasteiger partial charge in [0.1, 0.15) is 5.69 Å². The first-order valence-corrected chi connectivity index (χ1v) is 10.3. The van der Waals surface area contributed by atoms with Crippen LogP contribution in [0.5, 0.6) is 0 Å². The van der Waals surface area contributed by atoms with Gasteiger partial charge in [-0.15, -0.1) is 0 Å². The van der Waals surface area contributed by atoms with Crippen molar-refractivity contribution < 1.29 is 14.7 Å². The fraction of sp³-hybridized carbons (Fsp3) is 0.240. The lowest BCUT2D eigenvalue weighted by Crippen LogP contribution is -2.33. The molecule has 8 nitrogen and oxygen atoms in total. The first-order valence-electron chi connectivity index (χ1n) is 10.3. The molecule has 168 valence electrons. The van der Waals surface area contributed by atoms with Crippen molar-refractivity contribution in [3.63, 3.8) is 0 Å². The average molecular weight is 444 g/mol. The van der Waals surface area contributed by atoms with Crippen LogP contribution in [0.2, 0.25) is 0 Å². The van der Waals surface area contributed by atoms with Gasteiger partial charge < -0.3 is 15.7 Å². The highest BCUT2D eigenvalue weighted by Gasteiger charge is 2.23. The van der Waals surface area contributed by atoms with Gasteiger partial charge in [-0.2, -0.15) is 0 Å². The summed E-state index contributed by atoms with van der Waals surface area (Å²) in [5.41, 5.74) is 7.08. The molecule has 3 aromatic rings. The first kappa shape index (κ1) is 23.7. The van der Waals surface area contributed by atoms with Gasteiger partial charge in [0.2, 0.25) is 0 Å². The average Bonchev–Trinajstić information content (AvgIpc) is 2.82. The molecule has 1 aromatic carbocycles. The molecule has 3 rings (SSSR count). The van der Waals surface area contributed by atoms with Crippen molar-refractivity contribution in [3.8, 4) is 34.5 Å². The predicted octanol–water partition coefficient (Wildman–Crippen LogP) is 1.85. The summed E-state index contributed by atoms with van der Waals surface area (Å²) in [7, 11) is 3.70. The number of aryl methyl sites for hydroxylation is 1. The minimum absolute atomic E-state index is 0.0751. The van der Waals surface area contributed by atoms with Crippen molar-refractivity contribution in [2.45, 2.75) is 18.9 Å². The molecular weight excluding hydrogens is 418 g/mol. The number of nitrogens with two attached hydrogens (primary N) is 1. The van der Waals surface area contributed by atoms with Gasteiger partial charge in [0.15, 0.2) is 17.7 Å². The molecule has 0 spiro atoms. The number of aldehydes is 1. The van der Waals surface area contributed by atoms with Crippen LogP contribution >= 0.6 is 0 Å². The predicted molar refractivity (Wildman–Crippen MR) is 125 cm³/mol. The fourth-order valence-corrected chi connectivity index (χ4v) is 2.93. The highest BCUT2D eigenvalue weighted by Crippen LogP contribution is 2.23. The van der Waals surface area contributed by atoms with Crippen LogP contribution < -0.4 is 5.73 Å². The summed E-state index contributed by atoms with van der Waals surface area (Å²) in [4.78, 5) is 38.3. The van der Waals surface area contributed by atoms with Crippen LogP contribution in [0.25, 0.3) is 22.6 Å². The van der Waals surface area contributed by atoms with Gasteiger partial charge in [-0.05, 0) is 51.4 Å². The molecule has 0 saturated carbocycles. The molecular formula is C25H25N5O3. The third-order valence-electron chi connectivity index (χ3n) is 4.86. The number of hydrogen-bond acceptors (Lipinski definition) is 7. The van der Waals surface area contributed by atoms with E-state index in [1.807, 2.05) is 38.1 Å². The number of rotatable bonds is 7. The largest absolute Gasteiger partial charge is 0.371 e. The van der Waals surface area contributed by atoms with E-state index in [4.69, 9.17) is 5.73 Å². The van der Waals surface area contributed by atoms with Gasteiger partial charge in [-0.1, -0.05) is 24.0 Å². The van der Waals surface area contributed by atoms with Gasteiger partial charge >= 0.3 is 0 Å². The van der Waals surface area contributed by atoms with Crippen LogP contribution in [0.1, 0.15) is 28.2 Å². The third-order valence-corrected chi connectivity index (χ3v) is 4.86. The number of nitrogens with zero attached hydrogens (tertiary/aromatic N) is 4. The lowest BCUT2D eigenvalue weighted by Gasteiger charge is -2.17. The summed E-state index contributed by atoms with van der Waals surface area (Å²) in [6, 6.07) is 12.2. The van der Waals surface area contributed by atoms with Crippen molar-refractivity contribution in [3.05, 3.63) is 65.6 Å². The Morgan fingerprint density at radius 2 is 1.97 bits per heavy atom. The lowest BCUT2D eigenvalue weighted by molar-refractivity contribution is -0.119. The van der Waals surface area contributed by atoms with E-state index in [-0.39, 0.29) is 12.1 Å². The Morgan fingerprint density at radius 3 is 2.61 bits per heavy atom. The topological polar surface area (TPSA) is 122 Å². The Hall–Kier alpha value is -3.93. The molecule has 0 unspecified atom stereocenters. The number of pyridine rings is 1. The number of aromatic nitrogens is 3. The molecule has 0 radical (unpaired) electrons. The van der Waals surface area contributed by atoms with Crippen molar-refractivity contribution >= 4 is 12.2 Å². The molecule has 2 heterocycles. The van der Waals surface area contributed by atoms with Crippen LogP contribution in [-0.2, 0) is 4.79 Å². The van der Waals surface area contributed by atoms with Crippen LogP contribution in [0.15, 0.2) is 48.7 Å². The number of aliphatic hydroxyl groups is 1. The second-order valence-corrected chi connectivity index (χ2v) is 7.94. The summed E-state index contributed by atoms with van der Waals surface area (Å²) in [5, 5.41) is 10.4. The minimum atomic E-state index is -1.74. The van der Waals surface area contributed by atoms with Gasteiger partial charge in [-0.3, -0.25) is 14.6 Å². The maximum Gasteiger partial charge on any atom is 0.267 e. The van der Waals surface area contributed by atoms with Gasteiger partial charge in [0.05, 0.1) is 5.69 Å². The van der Waals surface area contributed by atoms with Gasteiger partial charge in [0.25, 0.3) is 5.91 Å². The van der Waals surface area contributed by atoms with Crippen LogP contribution in [0.3, 0.4) is 0 Å². The molecule has 2 aromatic heterocycles. The van der Waals surface area contributed by atoms with E-state index in [0.29, 0.717) is 35.5 Å². The van der Waals surface area contributed by atoms with E-state index >= 15 is 0 Å². The minimum Gasteiger partial charge on any atom is -0.371 e. The van der Waals surface area contributed by atoms with E-state index in [0.717, 1.165) is 11.3 Å². The van der Waals surface area contributed by atoms with Crippen molar-refractivity contribution in [2.75, 3.05) is 20.6 Å². The van der Waals surface area contributed by atoms with E-state index in [1.165, 1.54) is 6.07 Å². The number of carbonyl (C=O) groups is 2. The monoisotopic (exact) mass is 443 g/mol. The Labute approximate surface area is 192 Å². The highest BCUT2D eigenvalue weighted by molar-refractivity contribution is 5.92. The summed E-state index contributed by atoms with van der Waals surface area (Å²) < 4.78 is 0. The zero-order valence-electron chi connectivity index (χ0n) is 18.7. The number of benzene rings is 1. The van der Waals surface area contributed by atoms with Crippen molar-refractivity contribution in [1.29, 1.82) is 0 Å². The fourth-order valence-electron chi connectivity index (χ4n) is 2.93. The molecule has 1 atom stereocenters. The number of hydrogen-bond donors (Lipinski definition) is 2. The normalized spacial score (nSPS) is 12.5. The molecule has 8 heteroatoms. The maximum absolute atomic E-state index is 11.9. The van der Waals surface area contributed by atoms with E-state index < -0.39 is 11.5 Å². The quantitative estimate of drug-likeness (QED) is 0.422. The third kappa shape index (κ3) is 6.29. The molecule has 0 fully saturated rings. The van der Waals surface area contributed by atoms with E-state index in [2.05, 4.69) is 26.8 Å². The highest BCUT2D eigenvalue weighted by atomic mass is 16.3. The molecule has 1 amide bonds. The smallest absolute Gasteiger partial charge is 0.267 e. The van der Waals surface area contributed by atoms with Crippen molar-refractivity contribution in [2.24, 2.45) is 5.73 Å². The summed E-state index contributed by atoms with van der Waals surface area (Å²) >= 11 is 0. The van der Waals surface area contributed by atoms with E-state index in [1.54, 1.807) is 30.5 Å². The van der Waals surface area contributed by atoms with Crippen molar-refractivity contribution in [1.82, 2.24) is 19.9 Å².